The van der Waals surface area contributed by atoms with Gasteiger partial charge in [-0.15, -0.1) is 0 Å². The topological polar surface area (TPSA) is 106 Å². The van der Waals surface area contributed by atoms with Gasteiger partial charge in [0.2, 0.25) is 0 Å². The van der Waals surface area contributed by atoms with Crippen molar-refractivity contribution in [3.05, 3.63) is 102 Å². The Morgan fingerprint density at radius 2 is 1.56 bits per heavy atom. The van der Waals surface area contributed by atoms with Crippen molar-refractivity contribution < 1.29 is 9.59 Å². The lowest BCUT2D eigenvalue weighted by Crippen LogP contribution is -2.48. The Bertz CT molecular complexity index is 1400. The number of rotatable bonds is 6. The molecule has 182 valence electrons. The van der Waals surface area contributed by atoms with Crippen LogP contribution in [0.1, 0.15) is 39.1 Å². The number of nitrogens with two attached hydrogens (primary N) is 2. The first-order valence-corrected chi connectivity index (χ1v) is 12.1. The molecule has 0 bridgehead atoms. The highest BCUT2D eigenvalue weighted by Gasteiger charge is 2.33. The van der Waals surface area contributed by atoms with Gasteiger partial charge in [0.1, 0.15) is 5.82 Å². The largest absolute Gasteiger partial charge is 0.383 e. The van der Waals surface area contributed by atoms with E-state index in [9.17, 15) is 9.59 Å². The number of benzene rings is 3. The minimum absolute atomic E-state index is 0.115. The molecular formula is C29H29N5O2. The molecule has 1 fully saturated rings. The lowest BCUT2D eigenvalue weighted by molar-refractivity contribution is 0.0959. The molecule has 0 aliphatic carbocycles. The van der Waals surface area contributed by atoms with Crippen molar-refractivity contribution in [2.45, 2.75) is 25.4 Å². The normalized spacial score (nSPS) is 14.6. The Morgan fingerprint density at radius 3 is 2.31 bits per heavy atom. The number of aromatic nitrogens is 1. The van der Waals surface area contributed by atoms with E-state index in [1.165, 1.54) is 5.56 Å². The summed E-state index contributed by atoms with van der Waals surface area (Å²) in [6, 6.07) is 26.6. The molecule has 0 atom stereocenters. The van der Waals surface area contributed by atoms with Crippen LogP contribution < -0.4 is 16.4 Å². The second kappa shape index (κ2) is 10.2. The molecule has 0 radical (unpaired) electrons. The van der Waals surface area contributed by atoms with E-state index in [0.29, 0.717) is 16.8 Å². The SMILES string of the molecule is NC(=O)c1ccccc1N(C(=O)c1cc2ccccc2nc1N)C1CCN(Cc2ccccc2)CC1. The molecule has 0 saturated carbocycles. The number of nitrogen functional groups attached to an aromatic ring is 1. The average molecular weight is 480 g/mol. The zero-order valence-electron chi connectivity index (χ0n) is 20.0. The van der Waals surface area contributed by atoms with Gasteiger partial charge in [0.25, 0.3) is 11.8 Å². The number of piperidine rings is 1. The Balaban J connectivity index is 1.48. The number of carbonyl (C=O) groups excluding carboxylic acids is 2. The van der Waals surface area contributed by atoms with Crippen molar-refractivity contribution >= 4 is 34.2 Å². The minimum Gasteiger partial charge on any atom is -0.383 e. The van der Waals surface area contributed by atoms with Crippen LogP contribution in [-0.2, 0) is 6.54 Å². The fourth-order valence-electron chi connectivity index (χ4n) is 4.97. The van der Waals surface area contributed by atoms with Crippen molar-refractivity contribution in [2.24, 2.45) is 5.73 Å². The summed E-state index contributed by atoms with van der Waals surface area (Å²) in [5.41, 5.74) is 15.1. The summed E-state index contributed by atoms with van der Waals surface area (Å²) >= 11 is 0. The van der Waals surface area contributed by atoms with E-state index in [1.807, 2.05) is 48.5 Å². The third-order valence-corrected chi connectivity index (χ3v) is 6.80. The second-order valence-electron chi connectivity index (χ2n) is 9.16. The highest BCUT2D eigenvalue weighted by atomic mass is 16.2. The molecule has 7 nitrogen and oxygen atoms in total. The van der Waals surface area contributed by atoms with Gasteiger partial charge < -0.3 is 16.4 Å². The van der Waals surface area contributed by atoms with E-state index in [2.05, 4.69) is 22.0 Å². The van der Waals surface area contributed by atoms with Crippen LogP contribution in [-0.4, -0.2) is 40.8 Å². The smallest absolute Gasteiger partial charge is 0.262 e. The molecule has 3 aromatic carbocycles. The fraction of sp³-hybridized carbons (Fsp3) is 0.207. The van der Waals surface area contributed by atoms with E-state index in [0.717, 1.165) is 43.4 Å². The van der Waals surface area contributed by atoms with E-state index in [-0.39, 0.29) is 17.8 Å². The van der Waals surface area contributed by atoms with Gasteiger partial charge in [-0.3, -0.25) is 14.5 Å². The molecule has 4 aromatic rings. The van der Waals surface area contributed by atoms with Crippen LogP contribution in [0.15, 0.2) is 84.9 Å². The molecule has 2 heterocycles. The summed E-state index contributed by atoms with van der Waals surface area (Å²) in [7, 11) is 0. The maximum Gasteiger partial charge on any atom is 0.262 e. The maximum atomic E-state index is 14.1. The van der Waals surface area contributed by atoms with E-state index >= 15 is 0 Å². The molecule has 1 aliphatic rings. The standard InChI is InChI=1S/C29H29N5O2/c30-27-24(18-21-10-4-6-12-25(21)32-27)29(36)34(26-13-7-5-11-23(26)28(31)35)22-14-16-33(17-15-22)19-20-8-2-1-3-9-20/h1-13,18,22H,14-17,19H2,(H2,30,32)(H2,31,35). The summed E-state index contributed by atoms with van der Waals surface area (Å²) in [6.07, 6.45) is 1.51. The highest BCUT2D eigenvalue weighted by Crippen LogP contribution is 2.31. The molecule has 7 heteroatoms. The summed E-state index contributed by atoms with van der Waals surface area (Å²) in [4.78, 5) is 35.0. The predicted octanol–water partition coefficient (Wildman–Crippen LogP) is 4.23. The summed E-state index contributed by atoms with van der Waals surface area (Å²) in [6.45, 7) is 2.52. The zero-order chi connectivity index (χ0) is 25.1. The Hall–Kier alpha value is -4.23. The van der Waals surface area contributed by atoms with Gasteiger partial charge >= 0.3 is 0 Å². The Morgan fingerprint density at radius 1 is 0.889 bits per heavy atom. The number of anilines is 2. The van der Waals surface area contributed by atoms with Gasteiger partial charge in [0.15, 0.2) is 0 Å². The van der Waals surface area contributed by atoms with Crippen LogP contribution in [0.4, 0.5) is 11.5 Å². The summed E-state index contributed by atoms with van der Waals surface area (Å²) < 4.78 is 0. The number of likely N-dealkylation sites (tertiary alicyclic amines) is 1. The van der Waals surface area contributed by atoms with Gasteiger partial charge in [-0.1, -0.05) is 60.7 Å². The van der Waals surface area contributed by atoms with E-state index in [1.54, 1.807) is 29.2 Å². The number of carbonyl (C=O) groups is 2. The minimum atomic E-state index is -0.575. The average Bonchev–Trinajstić information content (AvgIpc) is 2.90. The first kappa shape index (κ1) is 23.5. The van der Waals surface area contributed by atoms with Crippen molar-refractivity contribution in [2.75, 3.05) is 23.7 Å². The first-order chi connectivity index (χ1) is 17.5. The number of fused-ring (bicyclic) bond motifs is 1. The van der Waals surface area contributed by atoms with Crippen LogP contribution in [0.5, 0.6) is 0 Å². The molecule has 2 amide bonds. The zero-order valence-corrected chi connectivity index (χ0v) is 20.0. The van der Waals surface area contributed by atoms with Gasteiger partial charge in [-0.25, -0.2) is 4.98 Å². The van der Waals surface area contributed by atoms with Gasteiger partial charge in [0, 0.05) is 31.1 Å². The number of amides is 2. The second-order valence-corrected chi connectivity index (χ2v) is 9.16. The van der Waals surface area contributed by atoms with Crippen LogP contribution in [0.2, 0.25) is 0 Å². The number of primary amides is 1. The predicted molar refractivity (Wildman–Crippen MR) is 143 cm³/mol. The lowest BCUT2D eigenvalue weighted by Gasteiger charge is -2.39. The Labute approximate surface area is 210 Å². The summed E-state index contributed by atoms with van der Waals surface area (Å²) in [5, 5.41) is 0.830. The van der Waals surface area contributed by atoms with Crippen LogP contribution in [0, 0.1) is 0 Å². The molecule has 5 rings (SSSR count). The van der Waals surface area contributed by atoms with Crippen molar-refractivity contribution in [3.8, 4) is 0 Å². The third kappa shape index (κ3) is 4.78. The number of nitrogens with zero attached hydrogens (tertiary/aromatic N) is 3. The third-order valence-electron chi connectivity index (χ3n) is 6.80. The van der Waals surface area contributed by atoms with Crippen molar-refractivity contribution in [1.29, 1.82) is 0 Å². The number of hydrogen-bond acceptors (Lipinski definition) is 5. The Kier molecular flexibility index (Phi) is 6.64. The van der Waals surface area contributed by atoms with E-state index in [4.69, 9.17) is 11.5 Å². The molecule has 1 aliphatic heterocycles. The number of pyridine rings is 1. The molecular weight excluding hydrogens is 450 g/mol. The first-order valence-electron chi connectivity index (χ1n) is 12.1. The maximum absolute atomic E-state index is 14.1. The molecule has 1 aromatic heterocycles. The summed E-state index contributed by atoms with van der Waals surface area (Å²) in [5.74, 6) is -0.683. The molecule has 36 heavy (non-hydrogen) atoms. The monoisotopic (exact) mass is 479 g/mol. The van der Waals surface area contributed by atoms with Crippen LogP contribution >= 0.6 is 0 Å². The van der Waals surface area contributed by atoms with Crippen LogP contribution in [0.3, 0.4) is 0 Å². The molecule has 1 saturated heterocycles. The van der Waals surface area contributed by atoms with Crippen molar-refractivity contribution in [1.82, 2.24) is 9.88 Å². The van der Waals surface area contributed by atoms with Crippen LogP contribution in [0.25, 0.3) is 10.9 Å². The number of para-hydroxylation sites is 2. The lowest BCUT2D eigenvalue weighted by atomic mass is 9.98. The molecule has 0 unspecified atom stereocenters. The fourth-order valence-corrected chi connectivity index (χ4v) is 4.97. The molecule has 0 spiro atoms. The highest BCUT2D eigenvalue weighted by molar-refractivity contribution is 6.13. The molecule has 4 N–H and O–H groups in total. The quantitative estimate of drug-likeness (QED) is 0.431. The van der Waals surface area contributed by atoms with Gasteiger partial charge in [-0.05, 0) is 42.7 Å². The van der Waals surface area contributed by atoms with Gasteiger partial charge in [-0.2, -0.15) is 0 Å². The van der Waals surface area contributed by atoms with Gasteiger partial charge in [0.05, 0.1) is 22.3 Å². The van der Waals surface area contributed by atoms with Crippen molar-refractivity contribution in [3.63, 3.8) is 0 Å². The van der Waals surface area contributed by atoms with E-state index < -0.39 is 5.91 Å². The number of hydrogen-bond donors (Lipinski definition) is 2.